The molecule has 0 aromatic carbocycles. The van der Waals surface area contributed by atoms with E-state index in [9.17, 15) is 8.42 Å². The normalized spacial score (nSPS) is 30.6. The summed E-state index contributed by atoms with van der Waals surface area (Å²) in [6, 6.07) is -0.0500. The number of nitrogens with zero attached hydrogens (tertiary/aromatic N) is 2. The molecule has 0 aliphatic heterocycles. The third-order valence-corrected chi connectivity index (χ3v) is 6.39. The molecule has 2 saturated carbocycles. The van der Waals surface area contributed by atoms with Gasteiger partial charge in [0.25, 0.3) is 0 Å². The maximum atomic E-state index is 12.3. The van der Waals surface area contributed by atoms with Crippen molar-refractivity contribution in [1.29, 1.82) is 0 Å². The maximum Gasteiger partial charge on any atom is 0.243 e. The molecule has 1 heterocycles. The monoisotopic (exact) mass is 315 g/mol. The predicted molar refractivity (Wildman–Crippen MR) is 75.8 cm³/mol. The van der Waals surface area contributed by atoms with E-state index in [1.807, 2.05) is 6.92 Å². The van der Waals surface area contributed by atoms with E-state index in [2.05, 4.69) is 14.7 Å². The molecule has 0 radical (unpaired) electrons. The van der Waals surface area contributed by atoms with E-state index in [1.54, 1.807) is 0 Å². The Morgan fingerprint density at radius 3 is 2.55 bits per heavy atom. The molecule has 4 atom stereocenters. The van der Waals surface area contributed by atoms with Gasteiger partial charge >= 0.3 is 0 Å². The van der Waals surface area contributed by atoms with Crippen molar-refractivity contribution in [3.05, 3.63) is 17.7 Å². The van der Waals surface area contributed by atoms with Gasteiger partial charge in [-0.15, -0.1) is 0 Å². The van der Waals surface area contributed by atoms with E-state index in [1.165, 1.54) is 31.7 Å². The van der Waals surface area contributed by atoms with Crippen molar-refractivity contribution in [2.75, 3.05) is 0 Å². The van der Waals surface area contributed by atoms with Gasteiger partial charge in [-0.05, 0) is 55.5 Å². The first-order valence-electron chi connectivity index (χ1n) is 6.95. The zero-order chi connectivity index (χ0) is 14.3. The number of rotatable bonds is 4. The first-order chi connectivity index (χ1) is 9.45. The zero-order valence-corrected chi connectivity index (χ0v) is 12.9. The molecular weight excluding hydrogens is 298 g/mol. The van der Waals surface area contributed by atoms with Gasteiger partial charge in [0.1, 0.15) is 4.90 Å². The van der Waals surface area contributed by atoms with Crippen LogP contribution in [0.2, 0.25) is 5.28 Å². The van der Waals surface area contributed by atoms with Gasteiger partial charge in [0.15, 0.2) is 0 Å². The molecule has 0 amide bonds. The van der Waals surface area contributed by atoms with Crippen LogP contribution in [0.4, 0.5) is 0 Å². The van der Waals surface area contributed by atoms with E-state index in [-0.39, 0.29) is 16.2 Å². The second-order valence-electron chi connectivity index (χ2n) is 5.94. The molecule has 0 saturated heterocycles. The lowest BCUT2D eigenvalue weighted by atomic mass is 9.84. The van der Waals surface area contributed by atoms with E-state index < -0.39 is 10.0 Å². The molecule has 5 nitrogen and oxygen atoms in total. The highest BCUT2D eigenvalue weighted by molar-refractivity contribution is 7.89. The molecule has 20 heavy (non-hydrogen) atoms. The molecule has 1 aromatic heterocycles. The van der Waals surface area contributed by atoms with Crippen LogP contribution in [0.1, 0.15) is 32.6 Å². The molecule has 0 spiro atoms. The summed E-state index contributed by atoms with van der Waals surface area (Å²) in [7, 11) is -3.56. The predicted octanol–water partition coefficient (Wildman–Crippen LogP) is 2.23. The van der Waals surface area contributed by atoms with Gasteiger partial charge in [-0.25, -0.2) is 23.1 Å². The SMILES string of the molecule is CC(NS(=O)(=O)c1cnc(Cl)nc1)C1CC2CCC1C2. The fourth-order valence-corrected chi connectivity index (χ4v) is 5.03. The van der Waals surface area contributed by atoms with E-state index in [4.69, 9.17) is 11.6 Å². The summed E-state index contributed by atoms with van der Waals surface area (Å²) in [6.45, 7) is 1.96. The van der Waals surface area contributed by atoms with Crippen molar-refractivity contribution in [3.8, 4) is 0 Å². The standard InChI is InChI=1S/C13H18ClN3O2S/c1-8(12-5-9-2-3-10(12)4-9)17-20(18,19)11-6-15-13(14)16-7-11/h6-10,12,17H,2-5H2,1H3. The number of hydrogen-bond acceptors (Lipinski definition) is 4. The minimum Gasteiger partial charge on any atom is -0.225 e. The zero-order valence-electron chi connectivity index (χ0n) is 11.3. The van der Waals surface area contributed by atoms with Gasteiger partial charge in [-0.2, -0.15) is 0 Å². The number of hydrogen-bond donors (Lipinski definition) is 1. The molecule has 3 rings (SSSR count). The Morgan fingerprint density at radius 2 is 2.00 bits per heavy atom. The van der Waals surface area contributed by atoms with Crippen LogP contribution in [-0.2, 0) is 10.0 Å². The van der Waals surface area contributed by atoms with Crippen LogP contribution in [0.15, 0.2) is 17.3 Å². The van der Waals surface area contributed by atoms with Gasteiger partial charge in [0.05, 0.1) is 12.4 Å². The average Bonchev–Trinajstić information content (AvgIpc) is 3.01. The average molecular weight is 316 g/mol. The third-order valence-electron chi connectivity index (χ3n) is 4.68. The van der Waals surface area contributed by atoms with Crippen LogP contribution in [-0.4, -0.2) is 24.4 Å². The van der Waals surface area contributed by atoms with Gasteiger partial charge < -0.3 is 0 Å². The second kappa shape index (κ2) is 5.24. The molecular formula is C13H18ClN3O2S. The lowest BCUT2D eigenvalue weighted by Crippen LogP contribution is -2.40. The summed E-state index contributed by atoms with van der Waals surface area (Å²) in [4.78, 5) is 7.51. The molecule has 2 aliphatic carbocycles. The third kappa shape index (κ3) is 2.69. The number of aromatic nitrogens is 2. The first kappa shape index (κ1) is 14.2. The topological polar surface area (TPSA) is 72.0 Å². The summed E-state index contributed by atoms with van der Waals surface area (Å²) in [6.07, 6.45) is 7.44. The Balaban J connectivity index is 1.71. The van der Waals surface area contributed by atoms with Crippen LogP contribution in [0, 0.1) is 17.8 Å². The Bertz CT molecular complexity index is 590. The molecule has 110 valence electrons. The number of fused-ring (bicyclic) bond motifs is 2. The van der Waals surface area contributed by atoms with Crippen LogP contribution < -0.4 is 4.72 Å². The molecule has 2 aliphatic rings. The fourth-order valence-electron chi connectivity index (χ4n) is 3.75. The summed E-state index contributed by atoms with van der Waals surface area (Å²) in [5.41, 5.74) is 0. The minimum atomic E-state index is -3.56. The second-order valence-corrected chi connectivity index (χ2v) is 7.99. The quantitative estimate of drug-likeness (QED) is 0.865. The Labute approximate surface area is 124 Å². The van der Waals surface area contributed by atoms with Crippen molar-refractivity contribution in [2.45, 2.75) is 43.5 Å². The van der Waals surface area contributed by atoms with Gasteiger partial charge in [-0.1, -0.05) is 6.42 Å². The summed E-state index contributed by atoms with van der Waals surface area (Å²) < 4.78 is 27.3. The first-order valence-corrected chi connectivity index (χ1v) is 8.81. The lowest BCUT2D eigenvalue weighted by molar-refractivity contribution is 0.280. The minimum absolute atomic E-state index is 0.0464. The summed E-state index contributed by atoms with van der Waals surface area (Å²) in [5, 5.41) is 0.0464. The molecule has 7 heteroatoms. The fraction of sp³-hybridized carbons (Fsp3) is 0.692. The van der Waals surface area contributed by atoms with Crippen LogP contribution in [0.3, 0.4) is 0 Å². The van der Waals surface area contributed by atoms with Crippen LogP contribution >= 0.6 is 11.6 Å². The number of nitrogens with one attached hydrogen (secondary N) is 1. The smallest absolute Gasteiger partial charge is 0.225 e. The van der Waals surface area contributed by atoms with Crippen molar-refractivity contribution in [3.63, 3.8) is 0 Å². The summed E-state index contributed by atoms with van der Waals surface area (Å²) >= 11 is 5.58. The highest BCUT2D eigenvalue weighted by Crippen LogP contribution is 2.49. The van der Waals surface area contributed by atoms with Crippen LogP contribution in [0.5, 0.6) is 0 Å². The molecule has 1 aromatic rings. The van der Waals surface area contributed by atoms with Crippen molar-refractivity contribution < 1.29 is 8.42 Å². The highest BCUT2D eigenvalue weighted by Gasteiger charge is 2.42. The van der Waals surface area contributed by atoms with Crippen molar-refractivity contribution >= 4 is 21.6 Å². The number of halogens is 1. The summed E-state index contributed by atoms with van der Waals surface area (Å²) in [5.74, 6) is 1.94. The molecule has 4 unspecified atom stereocenters. The Morgan fingerprint density at radius 1 is 1.30 bits per heavy atom. The van der Waals surface area contributed by atoms with E-state index in [0.717, 1.165) is 12.3 Å². The highest BCUT2D eigenvalue weighted by atomic mass is 35.5. The number of sulfonamides is 1. The maximum absolute atomic E-state index is 12.3. The van der Waals surface area contributed by atoms with Crippen molar-refractivity contribution in [1.82, 2.24) is 14.7 Å². The Hall–Kier alpha value is -0.720. The van der Waals surface area contributed by atoms with E-state index >= 15 is 0 Å². The van der Waals surface area contributed by atoms with Gasteiger partial charge in [0, 0.05) is 6.04 Å². The Kier molecular flexibility index (Phi) is 3.73. The largest absolute Gasteiger partial charge is 0.243 e. The molecule has 2 bridgehead atoms. The molecule has 2 fully saturated rings. The van der Waals surface area contributed by atoms with E-state index in [0.29, 0.717) is 11.8 Å². The lowest BCUT2D eigenvalue weighted by Gasteiger charge is -2.28. The van der Waals surface area contributed by atoms with Crippen molar-refractivity contribution in [2.24, 2.45) is 17.8 Å². The molecule has 1 N–H and O–H groups in total. The van der Waals surface area contributed by atoms with Gasteiger partial charge in [0.2, 0.25) is 15.3 Å². The van der Waals surface area contributed by atoms with Crippen LogP contribution in [0.25, 0.3) is 0 Å². The van der Waals surface area contributed by atoms with Gasteiger partial charge in [-0.3, -0.25) is 0 Å².